The molecular formula is C20H29N3O5S. The Morgan fingerprint density at radius 3 is 2.48 bits per heavy atom. The maximum Gasteiger partial charge on any atom is 0.311 e. The zero-order valence-corrected chi connectivity index (χ0v) is 18.1. The van der Waals surface area contributed by atoms with Crippen LogP contribution in [0.1, 0.15) is 32.3 Å². The highest BCUT2D eigenvalue weighted by Gasteiger charge is 2.29. The minimum absolute atomic E-state index is 0.00597. The highest BCUT2D eigenvalue weighted by atomic mass is 32.2. The van der Waals surface area contributed by atoms with Gasteiger partial charge in [-0.3, -0.25) is 19.7 Å². The summed E-state index contributed by atoms with van der Waals surface area (Å²) in [6.07, 6.45) is 1.41. The van der Waals surface area contributed by atoms with Gasteiger partial charge in [-0.25, -0.2) is 0 Å². The first-order chi connectivity index (χ1) is 13.9. The fourth-order valence-corrected chi connectivity index (χ4v) is 4.36. The molecule has 1 fully saturated rings. The minimum atomic E-state index is -0.470. The molecule has 0 N–H and O–H groups in total. The Labute approximate surface area is 175 Å². The Kier molecular flexibility index (Phi) is 8.75. The lowest BCUT2D eigenvalue weighted by Gasteiger charge is -2.33. The van der Waals surface area contributed by atoms with Crippen LogP contribution in [0.2, 0.25) is 0 Å². The molecule has 9 heteroatoms. The number of likely N-dealkylation sites (tertiary alicyclic amines) is 1. The normalized spacial score (nSPS) is 14.5. The van der Waals surface area contributed by atoms with Gasteiger partial charge in [-0.15, -0.1) is 11.8 Å². The van der Waals surface area contributed by atoms with Crippen molar-refractivity contribution in [2.45, 2.75) is 32.4 Å². The molecule has 2 rings (SSSR count). The van der Waals surface area contributed by atoms with Gasteiger partial charge in [0, 0.05) is 43.9 Å². The standard InChI is InChI=1S/C20H29N3O5S/c1-4-21(5-2)20(25)16-8-10-22(11-9-16)19(24)14-29-13-15-6-7-18(28-3)17(12-15)23(26)27/h6-7,12,16H,4-5,8-11,13-14H2,1-3H3. The molecule has 1 aromatic carbocycles. The van der Waals surface area contributed by atoms with Gasteiger partial charge < -0.3 is 14.5 Å². The molecule has 0 saturated carbocycles. The third-order valence-corrected chi connectivity index (χ3v) is 6.19. The molecule has 29 heavy (non-hydrogen) atoms. The van der Waals surface area contributed by atoms with Crippen molar-refractivity contribution in [2.24, 2.45) is 5.92 Å². The van der Waals surface area contributed by atoms with Crippen LogP contribution in [0.25, 0.3) is 0 Å². The number of hydrogen-bond acceptors (Lipinski definition) is 6. The highest BCUT2D eigenvalue weighted by molar-refractivity contribution is 7.99. The van der Waals surface area contributed by atoms with Gasteiger partial charge in [-0.2, -0.15) is 0 Å². The average molecular weight is 424 g/mol. The number of nitrogens with zero attached hydrogens (tertiary/aromatic N) is 3. The second-order valence-corrected chi connectivity index (χ2v) is 7.91. The fourth-order valence-electron chi connectivity index (χ4n) is 3.48. The van der Waals surface area contributed by atoms with Crippen LogP contribution < -0.4 is 4.74 Å². The Hall–Kier alpha value is -2.29. The average Bonchev–Trinajstić information content (AvgIpc) is 2.74. The largest absolute Gasteiger partial charge is 0.490 e. The molecule has 8 nitrogen and oxygen atoms in total. The predicted molar refractivity (Wildman–Crippen MR) is 113 cm³/mol. The summed E-state index contributed by atoms with van der Waals surface area (Å²) in [4.78, 5) is 39.2. The molecule has 1 heterocycles. The smallest absolute Gasteiger partial charge is 0.311 e. The zero-order chi connectivity index (χ0) is 21.4. The molecule has 0 aromatic heterocycles. The summed E-state index contributed by atoms with van der Waals surface area (Å²) in [6.45, 7) is 6.60. The Balaban J connectivity index is 1.80. The third kappa shape index (κ3) is 6.09. The number of carbonyl (C=O) groups excluding carboxylic acids is 2. The number of carbonyl (C=O) groups is 2. The molecular weight excluding hydrogens is 394 g/mol. The van der Waals surface area contributed by atoms with E-state index in [1.54, 1.807) is 12.1 Å². The molecule has 0 bridgehead atoms. The summed E-state index contributed by atoms with van der Waals surface area (Å²) >= 11 is 1.43. The second-order valence-electron chi connectivity index (χ2n) is 6.92. The van der Waals surface area contributed by atoms with Gasteiger partial charge >= 0.3 is 5.69 Å². The monoisotopic (exact) mass is 423 g/mol. The summed E-state index contributed by atoms with van der Waals surface area (Å²) in [6, 6.07) is 4.84. The van der Waals surface area contributed by atoms with Crippen LogP contribution in [0.4, 0.5) is 5.69 Å². The number of ether oxygens (including phenoxy) is 1. The number of hydrogen-bond donors (Lipinski definition) is 0. The van der Waals surface area contributed by atoms with E-state index >= 15 is 0 Å². The van der Waals surface area contributed by atoms with Gasteiger partial charge in [0.1, 0.15) is 0 Å². The van der Waals surface area contributed by atoms with Crippen LogP contribution in [-0.4, -0.2) is 65.6 Å². The van der Waals surface area contributed by atoms with Crippen LogP contribution in [0.5, 0.6) is 5.75 Å². The number of benzene rings is 1. The van der Waals surface area contributed by atoms with E-state index in [4.69, 9.17) is 4.74 Å². The third-order valence-electron chi connectivity index (χ3n) is 5.21. The molecule has 1 aliphatic heterocycles. The van der Waals surface area contributed by atoms with E-state index in [1.165, 1.54) is 24.9 Å². The predicted octanol–water partition coefficient (Wildman–Crippen LogP) is 2.94. The fraction of sp³-hybridized carbons (Fsp3) is 0.600. The number of amides is 2. The van der Waals surface area contributed by atoms with E-state index in [0.29, 0.717) is 50.5 Å². The van der Waals surface area contributed by atoms with Gasteiger partial charge in [0.15, 0.2) is 5.75 Å². The minimum Gasteiger partial charge on any atom is -0.490 e. The van der Waals surface area contributed by atoms with Crippen LogP contribution in [0.15, 0.2) is 18.2 Å². The van der Waals surface area contributed by atoms with Crippen molar-refractivity contribution >= 4 is 29.3 Å². The first kappa shape index (κ1) is 23.0. The van der Waals surface area contributed by atoms with E-state index in [-0.39, 0.29) is 29.2 Å². The Morgan fingerprint density at radius 1 is 1.28 bits per heavy atom. The van der Waals surface area contributed by atoms with Crippen molar-refractivity contribution in [3.8, 4) is 5.75 Å². The number of piperidine rings is 1. The lowest BCUT2D eigenvalue weighted by molar-refractivity contribution is -0.385. The summed E-state index contributed by atoms with van der Waals surface area (Å²) in [7, 11) is 1.40. The molecule has 1 aromatic rings. The molecule has 1 saturated heterocycles. The highest BCUT2D eigenvalue weighted by Crippen LogP contribution is 2.29. The van der Waals surface area contributed by atoms with Gasteiger partial charge in [0.05, 0.1) is 17.8 Å². The van der Waals surface area contributed by atoms with Crippen LogP contribution in [-0.2, 0) is 15.3 Å². The summed E-state index contributed by atoms with van der Waals surface area (Å²) < 4.78 is 5.00. The van der Waals surface area contributed by atoms with Crippen LogP contribution >= 0.6 is 11.8 Å². The summed E-state index contributed by atoms with van der Waals surface area (Å²) in [5.41, 5.74) is 0.704. The van der Waals surface area contributed by atoms with Crippen molar-refractivity contribution < 1.29 is 19.2 Å². The number of rotatable bonds is 9. The lowest BCUT2D eigenvalue weighted by atomic mass is 9.95. The molecule has 0 aliphatic carbocycles. The number of methoxy groups -OCH3 is 1. The maximum atomic E-state index is 12.5. The first-order valence-corrected chi connectivity index (χ1v) is 11.0. The summed E-state index contributed by atoms with van der Waals surface area (Å²) in [5, 5.41) is 11.1. The second kappa shape index (κ2) is 11.0. The maximum absolute atomic E-state index is 12.5. The van der Waals surface area contributed by atoms with Crippen molar-refractivity contribution in [1.29, 1.82) is 0 Å². The molecule has 2 amide bonds. The number of nitro groups is 1. The van der Waals surface area contributed by atoms with Crippen molar-refractivity contribution in [1.82, 2.24) is 9.80 Å². The van der Waals surface area contributed by atoms with Crippen LogP contribution in [0.3, 0.4) is 0 Å². The molecule has 0 spiro atoms. The van der Waals surface area contributed by atoms with E-state index < -0.39 is 4.92 Å². The quantitative estimate of drug-likeness (QED) is 0.448. The topological polar surface area (TPSA) is 93.0 Å². The Bertz CT molecular complexity index is 731. The van der Waals surface area contributed by atoms with Crippen molar-refractivity contribution in [3.63, 3.8) is 0 Å². The summed E-state index contributed by atoms with van der Waals surface area (Å²) in [5.74, 6) is 1.29. The SMILES string of the molecule is CCN(CC)C(=O)C1CCN(C(=O)CSCc2ccc(OC)c([N+](=O)[O-])c2)CC1. The van der Waals surface area contributed by atoms with Gasteiger partial charge in [0.2, 0.25) is 11.8 Å². The number of thioether (sulfide) groups is 1. The van der Waals surface area contributed by atoms with Crippen molar-refractivity contribution in [2.75, 3.05) is 39.0 Å². The van der Waals surface area contributed by atoms with E-state index in [1.807, 2.05) is 23.6 Å². The van der Waals surface area contributed by atoms with Gasteiger partial charge in [-0.1, -0.05) is 6.07 Å². The molecule has 0 unspecified atom stereocenters. The molecule has 160 valence electrons. The zero-order valence-electron chi connectivity index (χ0n) is 17.3. The molecule has 0 radical (unpaired) electrons. The van der Waals surface area contributed by atoms with Crippen molar-refractivity contribution in [3.05, 3.63) is 33.9 Å². The lowest BCUT2D eigenvalue weighted by Crippen LogP contribution is -2.44. The molecule has 0 atom stereocenters. The first-order valence-electron chi connectivity index (χ1n) is 9.86. The van der Waals surface area contributed by atoms with E-state index in [0.717, 1.165) is 5.56 Å². The van der Waals surface area contributed by atoms with Crippen LogP contribution in [0, 0.1) is 16.0 Å². The van der Waals surface area contributed by atoms with Gasteiger partial charge in [-0.05, 0) is 38.3 Å². The number of nitro benzene ring substituents is 1. The van der Waals surface area contributed by atoms with E-state index in [2.05, 4.69) is 0 Å². The molecule has 1 aliphatic rings. The van der Waals surface area contributed by atoms with Gasteiger partial charge in [0.25, 0.3) is 0 Å². The van der Waals surface area contributed by atoms with E-state index in [9.17, 15) is 19.7 Å². The Morgan fingerprint density at radius 2 is 1.93 bits per heavy atom.